The van der Waals surface area contributed by atoms with Crippen molar-refractivity contribution in [2.24, 2.45) is 5.73 Å². The van der Waals surface area contributed by atoms with Crippen molar-refractivity contribution in [2.45, 2.75) is 24.3 Å². The third-order valence-corrected chi connectivity index (χ3v) is 4.80. The number of benzene rings is 1. The van der Waals surface area contributed by atoms with Gasteiger partial charge < -0.3 is 0 Å². The first-order valence-electron chi connectivity index (χ1n) is 6.05. The first-order chi connectivity index (χ1) is 9.41. The molecule has 1 rings (SSSR count). The van der Waals surface area contributed by atoms with Crippen molar-refractivity contribution >= 4 is 19.4 Å². The molecule has 0 aliphatic carbocycles. The molecule has 0 heterocycles. The van der Waals surface area contributed by atoms with Crippen LogP contribution in [-0.4, -0.2) is 41.9 Å². The first-order valence-corrected chi connectivity index (χ1v) is 8.12. The Bertz CT molecular complexity index is 438. The molecule has 1 aromatic rings. The van der Waals surface area contributed by atoms with Gasteiger partial charge in [-0.25, -0.2) is 0 Å². The van der Waals surface area contributed by atoms with Gasteiger partial charge in [0.25, 0.3) is 0 Å². The summed E-state index contributed by atoms with van der Waals surface area (Å²) in [6, 6.07) is 3.57. The molecular formula is C13H18F3NO2Se. The minimum absolute atomic E-state index is 0.0895. The number of nitrogens with two attached hydrogens (primary N) is 1. The van der Waals surface area contributed by atoms with Gasteiger partial charge in [-0.2, -0.15) is 0 Å². The van der Waals surface area contributed by atoms with Gasteiger partial charge in [-0.05, 0) is 0 Å². The number of ether oxygens (including phenoxy) is 2. The third-order valence-electron chi connectivity index (χ3n) is 2.62. The van der Waals surface area contributed by atoms with E-state index in [1.165, 1.54) is 14.2 Å². The second kappa shape index (κ2) is 7.76. The Morgan fingerprint density at radius 1 is 1.15 bits per heavy atom. The first kappa shape index (κ1) is 17.1. The molecule has 0 saturated carbocycles. The molecule has 0 aliphatic heterocycles. The fraction of sp³-hybridized carbons (Fsp3) is 0.538. The van der Waals surface area contributed by atoms with Crippen LogP contribution in [0.25, 0.3) is 0 Å². The molecule has 0 aliphatic rings. The van der Waals surface area contributed by atoms with Crippen LogP contribution in [0.2, 0.25) is 5.32 Å². The molecule has 1 aromatic carbocycles. The predicted molar refractivity (Wildman–Crippen MR) is 73.2 cm³/mol. The molecule has 0 aromatic heterocycles. The zero-order chi connectivity index (χ0) is 15.2. The Hall–Kier alpha value is -0.911. The molecule has 7 heteroatoms. The normalized spacial score (nSPS) is 11.5. The van der Waals surface area contributed by atoms with Crippen LogP contribution < -0.4 is 19.7 Å². The van der Waals surface area contributed by atoms with E-state index in [4.69, 9.17) is 15.2 Å². The van der Waals surface area contributed by atoms with Crippen molar-refractivity contribution < 1.29 is 22.6 Å². The molecule has 114 valence electrons. The topological polar surface area (TPSA) is 44.5 Å². The molecule has 0 fully saturated rings. The standard InChI is InChI=1S/C13H18F3NO2Se/c1-18-10-8-12(20-6-4-13(14,15)16)11(19-2)7-9(10)3-5-17/h7-8H,3-6,17H2,1-2H3. The average molecular weight is 356 g/mol. The summed E-state index contributed by atoms with van der Waals surface area (Å²) in [5, 5.41) is 0.0895. The van der Waals surface area contributed by atoms with Gasteiger partial charge in [0.15, 0.2) is 0 Å². The number of halogens is 3. The quantitative estimate of drug-likeness (QED) is 0.759. The minimum atomic E-state index is -4.11. The molecule has 3 nitrogen and oxygen atoms in total. The molecule has 0 atom stereocenters. The zero-order valence-electron chi connectivity index (χ0n) is 11.4. The van der Waals surface area contributed by atoms with Crippen molar-refractivity contribution in [2.75, 3.05) is 20.8 Å². The van der Waals surface area contributed by atoms with E-state index in [9.17, 15) is 13.2 Å². The summed E-state index contributed by atoms with van der Waals surface area (Å²) in [4.78, 5) is 0. The van der Waals surface area contributed by atoms with Gasteiger partial charge in [-0.15, -0.1) is 0 Å². The van der Waals surface area contributed by atoms with Gasteiger partial charge in [0.2, 0.25) is 0 Å². The Labute approximate surface area is 122 Å². The summed E-state index contributed by atoms with van der Waals surface area (Å²) in [7, 11) is 3.05. The van der Waals surface area contributed by atoms with E-state index >= 15 is 0 Å². The van der Waals surface area contributed by atoms with E-state index in [0.717, 1.165) is 10.0 Å². The van der Waals surface area contributed by atoms with Gasteiger partial charge in [0.1, 0.15) is 0 Å². The molecule has 0 saturated heterocycles. The number of alkyl halides is 3. The van der Waals surface area contributed by atoms with Crippen LogP contribution in [0, 0.1) is 0 Å². The zero-order valence-corrected chi connectivity index (χ0v) is 13.1. The van der Waals surface area contributed by atoms with E-state index in [0.29, 0.717) is 24.5 Å². The number of hydrogen-bond donors (Lipinski definition) is 1. The summed E-state index contributed by atoms with van der Waals surface area (Å²) >= 11 is -0.310. The average Bonchev–Trinajstić information content (AvgIpc) is 2.38. The van der Waals surface area contributed by atoms with Gasteiger partial charge in [0.05, 0.1) is 0 Å². The van der Waals surface area contributed by atoms with Crippen molar-refractivity contribution in [3.8, 4) is 11.5 Å². The monoisotopic (exact) mass is 357 g/mol. The third kappa shape index (κ3) is 5.23. The Kier molecular flexibility index (Phi) is 6.65. The Morgan fingerprint density at radius 2 is 1.80 bits per heavy atom. The van der Waals surface area contributed by atoms with E-state index in [2.05, 4.69) is 0 Å². The molecule has 0 unspecified atom stereocenters. The predicted octanol–water partition coefficient (Wildman–Crippen LogP) is 1.91. The molecule has 0 spiro atoms. The second-order valence-electron chi connectivity index (χ2n) is 4.07. The molecular weight excluding hydrogens is 338 g/mol. The second-order valence-corrected chi connectivity index (χ2v) is 6.45. The molecule has 0 radical (unpaired) electrons. The summed E-state index contributed by atoms with van der Waals surface area (Å²) < 4.78 is 47.9. The summed E-state index contributed by atoms with van der Waals surface area (Å²) in [5.41, 5.74) is 6.43. The van der Waals surface area contributed by atoms with Crippen LogP contribution in [0.15, 0.2) is 12.1 Å². The SMILES string of the molecule is COc1cc([Se]CCC(F)(F)F)c(OC)cc1CCN. The fourth-order valence-corrected chi connectivity index (χ4v) is 3.83. The van der Waals surface area contributed by atoms with Crippen LogP contribution >= 0.6 is 0 Å². The van der Waals surface area contributed by atoms with Gasteiger partial charge in [-0.1, -0.05) is 0 Å². The number of rotatable bonds is 7. The van der Waals surface area contributed by atoms with E-state index in [-0.39, 0.29) is 20.3 Å². The Balaban J connectivity index is 2.88. The van der Waals surface area contributed by atoms with Crippen LogP contribution in [0.5, 0.6) is 11.5 Å². The van der Waals surface area contributed by atoms with Crippen molar-refractivity contribution in [1.29, 1.82) is 0 Å². The van der Waals surface area contributed by atoms with Gasteiger partial charge in [-0.3, -0.25) is 0 Å². The summed E-state index contributed by atoms with van der Waals surface area (Å²) in [5.74, 6) is 1.26. The van der Waals surface area contributed by atoms with Crippen LogP contribution in [0.1, 0.15) is 12.0 Å². The van der Waals surface area contributed by atoms with E-state index in [1.54, 1.807) is 12.1 Å². The van der Waals surface area contributed by atoms with Crippen LogP contribution in [0.4, 0.5) is 13.2 Å². The molecule has 0 amide bonds. The van der Waals surface area contributed by atoms with Gasteiger partial charge >= 0.3 is 122 Å². The molecule has 2 N–H and O–H groups in total. The maximum atomic E-state index is 12.2. The number of methoxy groups -OCH3 is 2. The van der Waals surface area contributed by atoms with Crippen molar-refractivity contribution in [3.05, 3.63) is 17.7 Å². The van der Waals surface area contributed by atoms with Crippen molar-refractivity contribution in [1.82, 2.24) is 0 Å². The summed E-state index contributed by atoms with van der Waals surface area (Å²) in [6.45, 7) is 0.470. The van der Waals surface area contributed by atoms with Gasteiger partial charge in [0, 0.05) is 0 Å². The summed E-state index contributed by atoms with van der Waals surface area (Å²) in [6.07, 6.45) is -4.25. The maximum absolute atomic E-state index is 12.2. The molecule has 0 bridgehead atoms. The van der Waals surface area contributed by atoms with Crippen molar-refractivity contribution in [3.63, 3.8) is 0 Å². The number of hydrogen-bond acceptors (Lipinski definition) is 3. The molecule has 20 heavy (non-hydrogen) atoms. The Morgan fingerprint density at radius 3 is 2.30 bits per heavy atom. The fourth-order valence-electron chi connectivity index (χ4n) is 1.67. The van der Waals surface area contributed by atoms with E-state index < -0.39 is 12.6 Å². The van der Waals surface area contributed by atoms with Crippen LogP contribution in [-0.2, 0) is 6.42 Å². The van der Waals surface area contributed by atoms with E-state index in [1.807, 2.05) is 0 Å². The van der Waals surface area contributed by atoms with Crippen LogP contribution in [0.3, 0.4) is 0 Å².